The van der Waals surface area contributed by atoms with E-state index in [1.807, 2.05) is 0 Å². The fraction of sp³-hybridized carbons (Fsp3) is 0.222. The summed E-state index contributed by atoms with van der Waals surface area (Å²) in [6, 6.07) is 3.03. The van der Waals surface area contributed by atoms with Crippen LogP contribution in [0.25, 0.3) is 0 Å². The molecular formula is C9H6F4O3. The Morgan fingerprint density at radius 3 is 2.12 bits per heavy atom. The topological polar surface area (TPSA) is 46.5 Å². The normalized spacial score (nSPS) is 13.2. The smallest absolute Gasteiger partial charge is 0.416 e. The summed E-state index contributed by atoms with van der Waals surface area (Å²) in [5.41, 5.74) is -0.925. The SMILES string of the molecule is O=C(O)C(F)Oc1ccc(C(F)(F)F)cc1. The molecular weight excluding hydrogens is 232 g/mol. The van der Waals surface area contributed by atoms with E-state index in [2.05, 4.69) is 4.74 Å². The molecule has 1 aromatic rings. The molecule has 16 heavy (non-hydrogen) atoms. The quantitative estimate of drug-likeness (QED) is 0.823. The van der Waals surface area contributed by atoms with Crippen molar-refractivity contribution in [2.24, 2.45) is 0 Å². The first-order valence-electron chi connectivity index (χ1n) is 4.01. The fourth-order valence-corrected chi connectivity index (χ4v) is 0.892. The molecule has 7 heteroatoms. The van der Waals surface area contributed by atoms with Crippen LogP contribution in [0.2, 0.25) is 0 Å². The molecule has 0 bridgehead atoms. The monoisotopic (exact) mass is 238 g/mol. The van der Waals surface area contributed by atoms with E-state index >= 15 is 0 Å². The molecule has 0 amide bonds. The third-order valence-corrected chi connectivity index (χ3v) is 1.62. The predicted octanol–water partition coefficient (Wildman–Crippen LogP) is 2.46. The van der Waals surface area contributed by atoms with Crippen LogP contribution in [0.4, 0.5) is 17.6 Å². The van der Waals surface area contributed by atoms with Crippen molar-refractivity contribution in [3.63, 3.8) is 0 Å². The van der Waals surface area contributed by atoms with Gasteiger partial charge in [-0.05, 0) is 24.3 Å². The lowest BCUT2D eigenvalue weighted by Crippen LogP contribution is -2.21. The number of benzene rings is 1. The predicted molar refractivity (Wildman–Crippen MR) is 44.6 cm³/mol. The molecule has 0 aliphatic rings. The first-order chi connectivity index (χ1) is 7.30. The molecule has 0 saturated carbocycles. The highest BCUT2D eigenvalue weighted by Crippen LogP contribution is 2.30. The first-order valence-corrected chi connectivity index (χ1v) is 4.01. The highest BCUT2D eigenvalue weighted by atomic mass is 19.4. The minimum absolute atomic E-state index is 0.289. The molecule has 0 fully saturated rings. The van der Waals surface area contributed by atoms with Gasteiger partial charge in [0, 0.05) is 0 Å². The largest absolute Gasteiger partial charge is 0.476 e. The number of hydrogen-bond donors (Lipinski definition) is 1. The van der Waals surface area contributed by atoms with Crippen LogP contribution in [0.3, 0.4) is 0 Å². The van der Waals surface area contributed by atoms with E-state index in [1.54, 1.807) is 0 Å². The fourth-order valence-electron chi connectivity index (χ4n) is 0.892. The molecule has 88 valence electrons. The van der Waals surface area contributed by atoms with Gasteiger partial charge in [-0.3, -0.25) is 0 Å². The Kier molecular flexibility index (Phi) is 3.36. The lowest BCUT2D eigenvalue weighted by molar-refractivity contribution is -0.153. The van der Waals surface area contributed by atoms with Crippen molar-refractivity contribution >= 4 is 5.97 Å². The van der Waals surface area contributed by atoms with Crippen LogP contribution < -0.4 is 4.74 Å². The van der Waals surface area contributed by atoms with E-state index in [0.29, 0.717) is 12.1 Å². The maximum Gasteiger partial charge on any atom is 0.416 e. The van der Waals surface area contributed by atoms with Gasteiger partial charge in [-0.25, -0.2) is 4.79 Å². The average Bonchev–Trinajstić information content (AvgIpc) is 2.17. The third-order valence-electron chi connectivity index (χ3n) is 1.62. The Bertz CT molecular complexity index is 371. The average molecular weight is 238 g/mol. The number of halogens is 4. The van der Waals surface area contributed by atoms with Crippen molar-refractivity contribution < 1.29 is 32.2 Å². The maximum atomic E-state index is 12.5. The van der Waals surface area contributed by atoms with Gasteiger partial charge in [-0.1, -0.05) is 0 Å². The van der Waals surface area contributed by atoms with Crippen LogP contribution >= 0.6 is 0 Å². The zero-order valence-electron chi connectivity index (χ0n) is 7.66. The van der Waals surface area contributed by atoms with E-state index in [-0.39, 0.29) is 5.75 Å². The standard InChI is InChI=1S/C9H6F4O3/c10-7(8(14)15)16-6-3-1-5(2-4-6)9(11,12)13/h1-4,7H,(H,14,15). The summed E-state index contributed by atoms with van der Waals surface area (Å²) in [5.74, 6) is -2.14. The lowest BCUT2D eigenvalue weighted by Gasteiger charge is -2.09. The summed E-state index contributed by atoms with van der Waals surface area (Å²) in [6.45, 7) is 0. The number of carboxylic acids is 1. The van der Waals surface area contributed by atoms with Gasteiger partial charge in [0.2, 0.25) is 0 Å². The molecule has 1 unspecified atom stereocenters. The van der Waals surface area contributed by atoms with Gasteiger partial charge in [0.1, 0.15) is 5.75 Å². The Hall–Kier alpha value is -1.79. The van der Waals surface area contributed by atoms with Crippen molar-refractivity contribution in [1.82, 2.24) is 0 Å². The van der Waals surface area contributed by atoms with E-state index in [9.17, 15) is 22.4 Å². The summed E-state index contributed by atoms with van der Waals surface area (Å²) >= 11 is 0. The summed E-state index contributed by atoms with van der Waals surface area (Å²) in [7, 11) is 0. The minimum atomic E-state index is -4.50. The van der Waals surface area contributed by atoms with Crippen molar-refractivity contribution in [1.29, 1.82) is 0 Å². The molecule has 1 atom stereocenters. The van der Waals surface area contributed by atoms with E-state index in [1.165, 1.54) is 0 Å². The zero-order valence-corrected chi connectivity index (χ0v) is 7.66. The van der Waals surface area contributed by atoms with Gasteiger partial charge >= 0.3 is 18.5 Å². The highest BCUT2D eigenvalue weighted by Gasteiger charge is 2.30. The second kappa shape index (κ2) is 4.38. The Balaban J connectivity index is 2.76. The maximum absolute atomic E-state index is 12.5. The Morgan fingerprint density at radius 2 is 1.75 bits per heavy atom. The number of carbonyl (C=O) groups is 1. The minimum Gasteiger partial charge on any atom is -0.476 e. The molecule has 0 heterocycles. The number of carboxylic acid groups (broad SMARTS) is 1. The number of hydrogen-bond acceptors (Lipinski definition) is 2. The van der Waals surface area contributed by atoms with Gasteiger partial charge in [0.25, 0.3) is 0 Å². The molecule has 1 rings (SSSR count). The number of rotatable bonds is 3. The molecule has 0 aliphatic carbocycles. The lowest BCUT2D eigenvalue weighted by atomic mass is 10.2. The molecule has 1 aromatic carbocycles. The third kappa shape index (κ3) is 3.11. The van der Waals surface area contributed by atoms with Crippen LogP contribution in [0.1, 0.15) is 5.56 Å². The van der Waals surface area contributed by atoms with E-state index in [4.69, 9.17) is 5.11 Å². The molecule has 0 aliphatic heterocycles. The van der Waals surface area contributed by atoms with Gasteiger partial charge in [-0.15, -0.1) is 0 Å². The summed E-state index contributed by atoms with van der Waals surface area (Å²) in [6.07, 6.45) is -7.10. The Labute approximate surface area is 87.3 Å². The van der Waals surface area contributed by atoms with Crippen molar-refractivity contribution in [2.45, 2.75) is 12.5 Å². The molecule has 0 aromatic heterocycles. The van der Waals surface area contributed by atoms with Crippen LogP contribution in [-0.4, -0.2) is 17.4 Å². The summed E-state index contributed by atoms with van der Waals surface area (Å²) in [5, 5.41) is 8.15. The van der Waals surface area contributed by atoms with Gasteiger partial charge in [0.05, 0.1) is 5.56 Å². The molecule has 0 spiro atoms. The van der Waals surface area contributed by atoms with Crippen LogP contribution in [0.5, 0.6) is 5.75 Å². The van der Waals surface area contributed by atoms with Crippen LogP contribution in [0, 0.1) is 0 Å². The van der Waals surface area contributed by atoms with Crippen molar-refractivity contribution in [3.05, 3.63) is 29.8 Å². The van der Waals surface area contributed by atoms with E-state index < -0.39 is 24.1 Å². The van der Waals surface area contributed by atoms with Crippen LogP contribution in [-0.2, 0) is 11.0 Å². The first kappa shape index (κ1) is 12.3. The van der Waals surface area contributed by atoms with Crippen molar-refractivity contribution in [3.8, 4) is 5.75 Å². The van der Waals surface area contributed by atoms with Crippen LogP contribution in [0.15, 0.2) is 24.3 Å². The molecule has 1 N–H and O–H groups in total. The van der Waals surface area contributed by atoms with E-state index in [0.717, 1.165) is 12.1 Å². The molecule has 0 saturated heterocycles. The highest BCUT2D eigenvalue weighted by molar-refractivity contribution is 5.70. The summed E-state index contributed by atoms with van der Waals surface area (Å²) in [4.78, 5) is 10.0. The summed E-state index contributed by atoms with van der Waals surface area (Å²) < 4.78 is 53.0. The van der Waals surface area contributed by atoms with Gasteiger partial charge < -0.3 is 9.84 Å². The van der Waals surface area contributed by atoms with Gasteiger partial charge in [0.15, 0.2) is 0 Å². The van der Waals surface area contributed by atoms with Crippen molar-refractivity contribution in [2.75, 3.05) is 0 Å². The van der Waals surface area contributed by atoms with Gasteiger partial charge in [-0.2, -0.15) is 17.6 Å². The number of alkyl halides is 4. The Morgan fingerprint density at radius 1 is 1.25 bits per heavy atom. The second-order valence-electron chi connectivity index (χ2n) is 2.79. The molecule has 0 radical (unpaired) electrons. The zero-order chi connectivity index (χ0) is 12.3. The number of ether oxygens (including phenoxy) is 1. The number of aliphatic carboxylic acids is 1. The molecule has 3 nitrogen and oxygen atoms in total. The second-order valence-corrected chi connectivity index (χ2v) is 2.79.